The van der Waals surface area contributed by atoms with E-state index in [1.54, 1.807) is 0 Å². The lowest BCUT2D eigenvalue weighted by atomic mass is 9.91. The van der Waals surface area contributed by atoms with E-state index in [0.29, 0.717) is 19.8 Å². The number of nitrogens with one attached hydrogen (secondary N) is 1. The SMILES string of the molecule is CCOc1ccccc1C(C)NC(=O)C(N)C1CCOCC1. The average Bonchev–Trinajstić information content (AvgIpc) is 2.55. The first-order chi connectivity index (χ1) is 10.6. The normalized spacial score (nSPS) is 18.5. The number of ether oxygens (including phenoxy) is 2. The number of rotatable bonds is 6. The van der Waals surface area contributed by atoms with E-state index in [-0.39, 0.29) is 17.9 Å². The van der Waals surface area contributed by atoms with Gasteiger partial charge < -0.3 is 20.5 Å². The maximum atomic E-state index is 12.4. The van der Waals surface area contributed by atoms with Gasteiger partial charge in [0.2, 0.25) is 5.91 Å². The molecule has 3 N–H and O–H groups in total. The first kappa shape index (κ1) is 16.8. The number of para-hydroxylation sites is 1. The molecule has 22 heavy (non-hydrogen) atoms. The van der Waals surface area contributed by atoms with Gasteiger partial charge >= 0.3 is 0 Å². The fourth-order valence-corrected chi connectivity index (χ4v) is 2.80. The number of amides is 1. The lowest BCUT2D eigenvalue weighted by molar-refractivity contribution is -0.125. The molecule has 1 aromatic carbocycles. The Hall–Kier alpha value is -1.59. The van der Waals surface area contributed by atoms with E-state index in [0.717, 1.165) is 24.2 Å². The number of nitrogens with two attached hydrogens (primary N) is 1. The molecule has 0 aromatic heterocycles. The van der Waals surface area contributed by atoms with Crippen LogP contribution in [-0.4, -0.2) is 31.8 Å². The minimum absolute atomic E-state index is 0.106. The van der Waals surface area contributed by atoms with Crippen LogP contribution in [0.15, 0.2) is 24.3 Å². The Balaban J connectivity index is 1.98. The molecule has 122 valence electrons. The van der Waals surface area contributed by atoms with Crippen LogP contribution in [0.3, 0.4) is 0 Å². The molecule has 2 atom stereocenters. The molecule has 0 bridgehead atoms. The fourth-order valence-electron chi connectivity index (χ4n) is 2.80. The number of benzene rings is 1. The second-order valence-electron chi connectivity index (χ2n) is 5.68. The number of carbonyl (C=O) groups is 1. The van der Waals surface area contributed by atoms with Crippen molar-refractivity contribution in [1.82, 2.24) is 5.32 Å². The van der Waals surface area contributed by atoms with Gasteiger partial charge in [-0.3, -0.25) is 4.79 Å². The van der Waals surface area contributed by atoms with E-state index in [9.17, 15) is 4.79 Å². The van der Waals surface area contributed by atoms with Crippen molar-refractivity contribution in [2.24, 2.45) is 11.7 Å². The second kappa shape index (κ2) is 8.15. The topological polar surface area (TPSA) is 73.6 Å². The lowest BCUT2D eigenvalue weighted by Crippen LogP contribution is -2.47. The van der Waals surface area contributed by atoms with E-state index >= 15 is 0 Å². The minimum atomic E-state index is -0.481. The Labute approximate surface area is 132 Å². The van der Waals surface area contributed by atoms with Crippen LogP contribution in [0.1, 0.15) is 38.3 Å². The van der Waals surface area contributed by atoms with Crippen LogP contribution in [0, 0.1) is 5.92 Å². The molecule has 1 fully saturated rings. The van der Waals surface area contributed by atoms with Gasteiger partial charge in [0, 0.05) is 18.8 Å². The molecule has 0 spiro atoms. The zero-order chi connectivity index (χ0) is 15.9. The van der Waals surface area contributed by atoms with Crippen molar-refractivity contribution in [2.45, 2.75) is 38.8 Å². The van der Waals surface area contributed by atoms with Gasteiger partial charge in [-0.1, -0.05) is 18.2 Å². The minimum Gasteiger partial charge on any atom is -0.494 e. The zero-order valence-corrected chi connectivity index (χ0v) is 13.4. The maximum absolute atomic E-state index is 12.4. The molecule has 1 amide bonds. The first-order valence-electron chi connectivity index (χ1n) is 7.99. The van der Waals surface area contributed by atoms with Gasteiger partial charge in [0.05, 0.1) is 18.7 Å². The molecular formula is C17H26N2O3. The standard InChI is InChI=1S/C17H26N2O3/c1-3-22-15-7-5-4-6-14(15)12(2)19-17(20)16(18)13-8-10-21-11-9-13/h4-7,12-13,16H,3,8-11,18H2,1-2H3,(H,19,20). The average molecular weight is 306 g/mol. The molecule has 1 aliphatic rings. The highest BCUT2D eigenvalue weighted by Gasteiger charge is 2.27. The Morgan fingerprint density at radius 2 is 2.09 bits per heavy atom. The third-order valence-corrected chi connectivity index (χ3v) is 4.12. The highest BCUT2D eigenvalue weighted by Crippen LogP contribution is 2.25. The van der Waals surface area contributed by atoms with Crippen molar-refractivity contribution in [3.63, 3.8) is 0 Å². The van der Waals surface area contributed by atoms with Crippen LogP contribution in [-0.2, 0) is 9.53 Å². The molecule has 1 saturated heterocycles. The highest BCUT2D eigenvalue weighted by atomic mass is 16.5. The maximum Gasteiger partial charge on any atom is 0.237 e. The highest BCUT2D eigenvalue weighted by molar-refractivity contribution is 5.82. The van der Waals surface area contributed by atoms with Crippen LogP contribution in [0.2, 0.25) is 0 Å². The van der Waals surface area contributed by atoms with Gasteiger partial charge in [0.15, 0.2) is 0 Å². The summed E-state index contributed by atoms with van der Waals surface area (Å²) in [6.07, 6.45) is 1.69. The van der Waals surface area contributed by atoms with Gasteiger partial charge in [-0.05, 0) is 38.7 Å². The summed E-state index contributed by atoms with van der Waals surface area (Å²) >= 11 is 0. The van der Waals surface area contributed by atoms with Crippen molar-refractivity contribution in [3.8, 4) is 5.75 Å². The molecule has 1 heterocycles. The van der Waals surface area contributed by atoms with Gasteiger partial charge in [-0.25, -0.2) is 0 Å². The summed E-state index contributed by atoms with van der Waals surface area (Å²) in [6, 6.07) is 7.14. The van der Waals surface area contributed by atoms with E-state index in [4.69, 9.17) is 15.2 Å². The fraction of sp³-hybridized carbons (Fsp3) is 0.588. The van der Waals surface area contributed by atoms with Crippen molar-refractivity contribution in [2.75, 3.05) is 19.8 Å². The van der Waals surface area contributed by atoms with Gasteiger partial charge in [0.1, 0.15) is 5.75 Å². The number of hydrogen-bond donors (Lipinski definition) is 2. The van der Waals surface area contributed by atoms with Crippen LogP contribution < -0.4 is 15.8 Å². The van der Waals surface area contributed by atoms with E-state index < -0.39 is 6.04 Å². The Bertz CT molecular complexity index is 487. The number of carbonyl (C=O) groups excluding carboxylic acids is 1. The van der Waals surface area contributed by atoms with Crippen LogP contribution in [0.5, 0.6) is 5.75 Å². The van der Waals surface area contributed by atoms with E-state index in [1.165, 1.54) is 0 Å². The van der Waals surface area contributed by atoms with Gasteiger partial charge in [0.25, 0.3) is 0 Å². The summed E-state index contributed by atoms with van der Waals surface area (Å²) in [7, 11) is 0. The monoisotopic (exact) mass is 306 g/mol. The van der Waals surface area contributed by atoms with Gasteiger partial charge in [-0.15, -0.1) is 0 Å². The van der Waals surface area contributed by atoms with Crippen molar-refractivity contribution >= 4 is 5.91 Å². The van der Waals surface area contributed by atoms with Crippen molar-refractivity contribution in [3.05, 3.63) is 29.8 Å². The predicted molar refractivity (Wildman–Crippen MR) is 85.7 cm³/mol. The van der Waals surface area contributed by atoms with Crippen LogP contribution >= 0.6 is 0 Å². The van der Waals surface area contributed by atoms with Crippen molar-refractivity contribution in [1.29, 1.82) is 0 Å². The molecule has 0 aliphatic carbocycles. The lowest BCUT2D eigenvalue weighted by Gasteiger charge is -2.28. The summed E-state index contributed by atoms with van der Waals surface area (Å²) in [5.41, 5.74) is 7.09. The molecule has 2 unspecified atom stereocenters. The van der Waals surface area contributed by atoms with Gasteiger partial charge in [-0.2, -0.15) is 0 Å². The Morgan fingerprint density at radius 3 is 2.77 bits per heavy atom. The molecule has 1 aromatic rings. The van der Waals surface area contributed by atoms with Crippen molar-refractivity contribution < 1.29 is 14.3 Å². The Morgan fingerprint density at radius 1 is 1.41 bits per heavy atom. The first-order valence-corrected chi connectivity index (χ1v) is 7.99. The smallest absolute Gasteiger partial charge is 0.237 e. The summed E-state index contributed by atoms with van der Waals surface area (Å²) in [5.74, 6) is 0.895. The van der Waals surface area contributed by atoms with Crippen LogP contribution in [0.25, 0.3) is 0 Å². The summed E-state index contributed by atoms with van der Waals surface area (Å²) in [5, 5.41) is 3.01. The third kappa shape index (κ3) is 4.21. The third-order valence-electron chi connectivity index (χ3n) is 4.12. The molecule has 0 radical (unpaired) electrons. The molecule has 5 nitrogen and oxygen atoms in total. The van der Waals surface area contributed by atoms with E-state index in [2.05, 4.69) is 5.32 Å². The second-order valence-corrected chi connectivity index (χ2v) is 5.68. The molecule has 0 saturated carbocycles. The number of hydrogen-bond acceptors (Lipinski definition) is 4. The largest absolute Gasteiger partial charge is 0.494 e. The molecule has 2 rings (SSSR count). The summed E-state index contributed by atoms with van der Waals surface area (Å²) < 4.78 is 10.9. The quantitative estimate of drug-likeness (QED) is 0.843. The van der Waals surface area contributed by atoms with E-state index in [1.807, 2.05) is 38.1 Å². The summed E-state index contributed by atoms with van der Waals surface area (Å²) in [6.45, 7) is 5.87. The molecule has 5 heteroatoms. The predicted octanol–water partition coefficient (Wildman–Crippen LogP) is 2.02. The van der Waals surface area contributed by atoms with Crippen LogP contribution in [0.4, 0.5) is 0 Å². The Kier molecular flexibility index (Phi) is 6.21. The zero-order valence-electron chi connectivity index (χ0n) is 13.4. The summed E-state index contributed by atoms with van der Waals surface area (Å²) in [4.78, 5) is 12.4. The molecule has 1 aliphatic heterocycles. The molecular weight excluding hydrogens is 280 g/mol.